The molecule has 0 N–H and O–H groups in total. The largest absolute Gasteiger partial charge is 0.346 e. The molecule has 0 atom stereocenters. The Hall–Kier alpha value is -2.28. The van der Waals surface area contributed by atoms with Crippen LogP contribution in [0, 0.1) is 6.92 Å². The van der Waals surface area contributed by atoms with Gasteiger partial charge in [0.25, 0.3) is 0 Å². The lowest BCUT2D eigenvalue weighted by atomic mass is 10.3. The van der Waals surface area contributed by atoms with Crippen LogP contribution in [0.25, 0.3) is 11.5 Å². The summed E-state index contributed by atoms with van der Waals surface area (Å²) in [6.07, 6.45) is 1.68. The van der Waals surface area contributed by atoms with Crippen LogP contribution in [0.5, 0.6) is 0 Å². The van der Waals surface area contributed by atoms with Gasteiger partial charge in [-0.25, -0.2) is 14.5 Å². The predicted octanol–water partition coefficient (Wildman–Crippen LogP) is 1.46. The van der Waals surface area contributed by atoms with Gasteiger partial charge in [-0.05, 0) is 19.1 Å². The lowest BCUT2D eigenvalue weighted by Crippen LogP contribution is -2.23. The Morgan fingerprint density at radius 2 is 2.20 bits per heavy atom. The molecule has 0 aliphatic rings. The molecule has 0 bridgehead atoms. The molecule has 0 aliphatic heterocycles. The van der Waals surface area contributed by atoms with Gasteiger partial charge in [0, 0.05) is 18.6 Å². The smallest absolute Gasteiger partial charge is 0.277 e. The average Bonchev–Trinajstić information content (AvgIpc) is 2.99. The average molecular weight is 287 g/mol. The van der Waals surface area contributed by atoms with E-state index in [0.29, 0.717) is 18.1 Å². The van der Waals surface area contributed by atoms with Gasteiger partial charge in [0.05, 0.1) is 17.2 Å². The Morgan fingerprint density at radius 1 is 1.35 bits per heavy atom. The van der Waals surface area contributed by atoms with Crippen molar-refractivity contribution in [2.75, 3.05) is 0 Å². The Labute approximate surface area is 119 Å². The Balaban J connectivity index is 2.00. The van der Waals surface area contributed by atoms with Gasteiger partial charge in [-0.15, -0.1) is 16.4 Å². The van der Waals surface area contributed by atoms with E-state index in [0.717, 1.165) is 10.7 Å². The molecule has 3 rings (SSSR count). The van der Waals surface area contributed by atoms with Crippen LogP contribution in [-0.2, 0) is 13.6 Å². The summed E-state index contributed by atoms with van der Waals surface area (Å²) in [5.41, 5.74) is 1.36. The van der Waals surface area contributed by atoms with Crippen LogP contribution < -0.4 is 5.69 Å². The molecule has 0 aromatic carbocycles. The van der Waals surface area contributed by atoms with Crippen LogP contribution in [0.15, 0.2) is 34.6 Å². The molecule has 0 spiro atoms. The van der Waals surface area contributed by atoms with Crippen LogP contribution in [0.4, 0.5) is 0 Å². The van der Waals surface area contributed by atoms with Crippen molar-refractivity contribution < 1.29 is 0 Å². The summed E-state index contributed by atoms with van der Waals surface area (Å²) >= 11 is 1.56. The first-order valence-corrected chi connectivity index (χ1v) is 6.99. The van der Waals surface area contributed by atoms with E-state index in [1.807, 2.05) is 30.5 Å². The molecule has 0 unspecified atom stereocenters. The Kier molecular flexibility index (Phi) is 3.19. The highest BCUT2D eigenvalue weighted by molar-refractivity contribution is 7.09. The van der Waals surface area contributed by atoms with Gasteiger partial charge in [-0.1, -0.05) is 6.07 Å². The lowest BCUT2D eigenvalue weighted by Gasteiger charge is -1.96. The second-order valence-corrected chi connectivity index (χ2v) is 5.46. The van der Waals surface area contributed by atoms with Crippen molar-refractivity contribution in [3.05, 3.63) is 51.0 Å². The molecule has 102 valence electrons. The molecule has 3 aromatic rings. The van der Waals surface area contributed by atoms with Crippen LogP contribution >= 0.6 is 11.3 Å². The van der Waals surface area contributed by atoms with Gasteiger partial charge in [-0.2, -0.15) is 0 Å². The van der Waals surface area contributed by atoms with Crippen molar-refractivity contribution in [2.45, 2.75) is 13.5 Å². The maximum Gasteiger partial charge on any atom is 0.346 e. The van der Waals surface area contributed by atoms with Gasteiger partial charge in [0.15, 0.2) is 5.82 Å². The third-order valence-electron chi connectivity index (χ3n) is 2.91. The van der Waals surface area contributed by atoms with Crippen molar-refractivity contribution in [1.82, 2.24) is 24.3 Å². The van der Waals surface area contributed by atoms with E-state index < -0.39 is 0 Å². The maximum absolute atomic E-state index is 12.2. The van der Waals surface area contributed by atoms with Crippen molar-refractivity contribution in [3.63, 3.8) is 0 Å². The van der Waals surface area contributed by atoms with Gasteiger partial charge in [0.2, 0.25) is 0 Å². The molecule has 6 nitrogen and oxygen atoms in total. The van der Waals surface area contributed by atoms with E-state index in [-0.39, 0.29) is 5.69 Å². The molecule has 0 saturated carbocycles. The van der Waals surface area contributed by atoms with Crippen LogP contribution in [0.3, 0.4) is 0 Å². The zero-order valence-electron chi connectivity index (χ0n) is 11.1. The normalized spacial score (nSPS) is 10.9. The zero-order chi connectivity index (χ0) is 14.1. The highest BCUT2D eigenvalue weighted by Crippen LogP contribution is 2.12. The van der Waals surface area contributed by atoms with Crippen molar-refractivity contribution in [2.24, 2.45) is 7.05 Å². The summed E-state index contributed by atoms with van der Waals surface area (Å²) in [6.45, 7) is 2.32. The van der Waals surface area contributed by atoms with E-state index in [1.54, 1.807) is 24.6 Å². The fourth-order valence-electron chi connectivity index (χ4n) is 1.94. The highest BCUT2D eigenvalue weighted by Gasteiger charge is 2.13. The number of nitrogens with zero attached hydrogens (tertiary/aromatic N) is 5. The lowest BCUT2D eigenvalue weighted by molar-refractivity contribution is 0.637. The van der Waals surface area contributed by atoms with Crippen LogP contribution in [0.2, 0.25) is 0 Å². The molecule has 0 aliphatic carbocycles. The first-order chi connectivity index (χ1) is 9.65. The van der Waals surface area contributed by atoms with E-state index in [2.05, 4.69) is 15.1 Å². The van der Waals surface area contributed by atoms with E-state index in [4.69, 9.17) is 0 Å². The minimum absolute atomic E-state index is 0.170. The van der Waals surface area contributed by atoms with E-state index >= 15 is 0 Å². The van der Waals surface area contributed by atoms with E-state index in [1.165, 1.54) is 9.25 Å². The minimum atomic E-state index is -0.170. The zero-order valence-corrected chi connectivity index (χ0v) is 12.0. The standard InChI is InChI=1S/C13H13N5OS/c1-9-15-10(8-20-9)7-18-13(19)17(2)12(16-18)11-5-3-4-6-14-11/h3-6,8H,7H2,1-2H3. The fourth-order valence-corrected chi connectivity index (χ4v) is 2.55. The molecule has 3 aromatic heterocycles. The molecule has 20 heavy (non-hydrogen) atoms. The molecular formula is C13H13N5OS. The van der Waals surface area contributed by atoms with Crippen molar-refractivity contribution in [3.8, 4) is 11.5 Å². The second kappa shape index (κ2) is 5.01. The third-order valence-corrected chi connectivity index (χ3v) is 3.74. The number of aromatic nitrogens is 5. The van der Waals surface area contributed by atoms with Gasteiger partial charge >= 0.3 is 5.69 Å². The predicted molar refractivity (Wildman–Crippen MR) is 76.7 cm³/mol. The molecule has 0 fully saturated rings. The Morgan fingerprint density at radius 3 is 2.85 bits per heavy atom. The molecule has 0 saturated heterocycles. The fraction of sp³-hybridized carbons (Fsp3) is 0.231. The quantitative estimate of drug-likeness (QED) is 0.731. The first-order valence-electron chi connectivity index (χ1n) is 6.11. The summed E-state index contributed by atoms with van der Waals surface area (Å²) in [7, 11) is 1.70. The number of thiazole rings is 1. The topological polar surface area (TPSA) is 65.6 Å². The molecule has 3 heterocycles. The molecule has 7 heteroatoms. The molecule has 0 radical (unpaired) electrons. The SMILES string of the molecule is Cc1nc(Cn2nc(-c3ccccn3)n(C)c2=O)cs1. The van der Waals surface area contributed by atoms with Crippen LogP contribution in [0.1, 0.15) is 10.7 Å². The molecular weight excluding hydrogens is 274 g/mol. The van der Waals surface area contributed by atoms with Gasteiger partial charge in [-0.3, -0.25) is 9.55 Å². The Bertz CT molecular complexity index is 787. The van der Waals surface area contributed by atoms with Crippen LogP contribution in [-0.4, -0.2) is 24.3 Å². The third kappa shape index (κ3) is 2.27. The van der Waals surface area contributed by atoms with Crippen molar-refractivity contribution >= 4 is 11.3 Å². The summed E-state index contributed by atoms with van der Waals surface area (Å²) in [5.74, 6) is 0.558. The highest BCUT2D eigenvalue weighted by atomic mass is 32.1. The van der Waals surface area contributed by atoms with E-state index in [9.17, 15) is 4.79 Å². The summed E-state index contributed by atoms with van der Waals surface area (Å²) in [4.78, 5) is 20.8. The van der Waals surface area contributed by atoms with Gasteiger partial charge < -0.3 is 0 Å². The number of aryl methyl sites for hydroxylation is 1. The number of hydrogen-bond donors (Lipinski definition) is 0. The molecule has 0 amide bonds. The first kappa shape index (κ1) is 12.7. The summed E-state index contributed by atoms with van der Waals surface area (Å²) in [6, 6.07) is 5.53. The second-order valence-electron chi connectivity index (χ2n) is 4.40. The monoisotopic (exact) mass is 287 g/mol. The summed E-state index contributed by atoms with van der Waals surface area (Å²) < 4.78 is 2.92. The number of pyridine rings is 1. The summed E-state index contributed by atoms with van der Waals surface area (Å²) in [5, 5.41) is 7.28. The van der Waals surface area contributed by atoms with Gasteiger partial charge in [0.1, 0.15) is 5.69 Å². The van der Waals surface area contributed by atoms with Crippen molar-refractivity contribution in [1.29, 1.82) is 0 Å². The maximum atomic E-state index is 12.2. The number of hydrogen-bond acceptors (Lipinski definition) is 5. The minimum Gasteiger partial charge on any atom is -0.277 e. The number of rotatable bonds is 3.